The summed E-state index contributed by atoms with van der Waals surface area (Å²) in [5.41, 5.74) is 7.30. The van der Waals surface area contributed by atoms with Crippen molar-refractivity contribution in [3.8, 4) is 5.75 Å². The van der Waals surface area contributed by atoms with E-state index < -0.39 is 0 Å². The molecule has 1 aromatic heterocycles. The molecule has 0 saturated heterocycles. The van der Waals surface area contributed by atoms with Crippen LogP contribution in [0.2, 0.25) is 0 Å². The first-order chi connectivity index (χ1) is 8.60. The Balaban J connectivity index is 2.18. The van der Waals surface area contributed by atoms with Gasteiger partial charge in [-0.25, -0.2) is 0 Å². The molecule has 2 rings (SSSR count). The molecule has 0 saturated carbocycles. The maximum absolute atomic E-state index is 12.0. The van der Waals surface area contributed by atoms with Crippen LogP contribution in [0.4, 0.5) is 11.4 Å². The molecule has 1 aromatic carbocycles. The lowest BCUT2D eigenvalue weighted by atomic mass is 10.2. The average Bonchev–Trinajstić information content (AvgIpc) is 2.75. The molecule has 18 heavy (non-hydrogen) atoms. The Morgan fingerprint density at radius 1 is 1.50 bits per heavy atom. The van der Waals surface area contributed by atoms with Gasteiger partial charge in [0.05, 0.1) is 24.7 Å². The zero-order valence-corrected chi connectivity index (χ0v) is 10.2. The fourth-order valence-corrected chi connectivity index (χ4v) is 1.54. The molecule has 0 radical (unpaired) electrons. The van der Waals surface area contributed by atoms with Gasteiger partial charge in [-0.1, -0.05) is 0 Å². The first-order valence-electron chi connectivity index (χ1n) is 5.33. The molecule has 6 heteroatoms. The predicted octanol–water partition coefficient (Wildman–Crippen LogP) is 1.26. The topological polar surface area (TPSA) is 82.2 Å². The minimum absolute atomic E-state index is 0.235. The van der Waals surface area contributed by atoms with Crippen molar-refractivity contribution in [3.63, 3.8) is 0 Å². The Kier molecular flexibility index (Phi) is 3.18. The molecule has 2 aromatic rings. The van der Waals surface area contributed by atoms with E-state index in [2.05, 4.69) is 10.4 Å². The summed E-state index contributed by atoms with van der Waals surface area (Å²) >= 11 is 0. The molecule has 1 heterocycles. The minimum Gasteiger partial charge on any atom is -0.495 e. The van der Waals surface area contributed by atoms with Crippen LogP contribution in [-0.2, 0) is 7.05 Å². The molecular formula is C12H14N4O2. The summed E-state index contributed by atoms with van der Waals surface area (Å²) in [7, 11) is 3.29. The maximum atomic E-state index is 12.0. The van der Waals surface area contributed by atoms with Gasteiger partial charge < -0.3 is 15.8 Å². The fraction of sp³-hybridized carbons (Fsp3) is 0.167. The van der Waals surface area contributed by atoms with Crippen molar-refractivity contribution in [2.75, 3.05) is 18.2 Å². The third kappa shape index (κ3) is 2.42. The number of hydrogen-bond acceptors (Lipinski definition) is 4. The largest absolute Gasteiger partial charge is 0.495 e. The van der Waals surface area contributed by atoms with E-state index in [0.29, 0.717) is 22.7 Å². The lowest BCUT2D eigenvalue weighted by Gasteiger charge is -2.07. The molecular weight excluding hydrogens is 232 g/mol. The number of aromatic nitrogens is 2. The first-order valence-corrected chi connectivity index (χ1v) is 5.33. The van der Waals surface area contributed by atoms with Crippen molar-refractivity contribution in [2.24, 2.45) is 7.05 Å². The van der Waals surface area contributed by atoms with Gasteiger partial charge in [-0.3, -0.25) is 9.48 Å². The molecule has 0 fully saturated rings. The summed E-state index contributed by atoms with van der Waals surface area (Å²) in [5.74, 6) is 0.245. The summed E-state index contributed by atoms with van der Waals surface area (Å²) in [6.07, 6.45) is 3.29. The molecule has 0 aliphatic rings. The standard InChI is InChI=1S/C12H14N4O2/c1-16-7-9(6-14-16)15-12(17)8-3-4-10(13)11(5-8)18-2/h3-7H,13H2,1-2H3,(H,15,17). The number of carbonyl (C=O) groups is 1. The molecule has 3 N–H and O–H groups in total. The van der Waals surface area contributed by atoms with Crippen LogP contribution in [-0.4, -0.2) is 22.8 Å². The number of nitrogen functional groups attached to an aromatic ring is 1. The van der Waals surface area contributed by atoms with Crippen LogP contribution in [0.1, 0.15) is 10.4 Å². The van der Waals surface area contributed by atoms with E-state index in [1.165, 1.54) is 7.11 Å². The monoisotopic (exact) mass is 246 g/mol. The van der Waals surface area contributed by atoms with Gasteiger partial charge in [0.1, 0.15) is 5.75 Å². The van der Waals surface area contributed by atoms with E-state index in [4.69, 9.17) is 10.5 Å². The van der Waals surface area contributed by atoms with Crippen LogP contribution in [0.15, 0.2) is 30.6 Å². The number of ether oxygens (including phenoxy) is 1. The highest BCUT2D eigenvalue weighted by atomic mass is 16.5. The molecule has 1 amide bonds. The van der Waals surface area contributed by atoms with Gasteiger partial charge in [-0.05, 0) is 18.2 Å². The number of nitrogens with two attached hydrogens (primary N) is 1. The number of amides is 1. The van der Waals surface area contributed by atoms with E-state index >= 15 is 0 Å². The third-order valence-electron chi connectivity index (χ3n) is 2.46. The van der Waals surface area contributed by atoms with Crippen LogP contribution in [0, 0.1) is 0 Å². The number of nitrogens with zero attached hydrogens (tertiary/aromatic N) is 2. The van der Waals surface area contributed by atoms with Gasteiger partial charge in [-0.15, -0.1) is 0 Å². The molecule has 6 nitrogen and oxygen atoms in total. The van der Waals surface area contributed by atoms with Gasteiger partial charge in [0.2, 0.25) is 0 Å². The molecule has 0 aliphatic carbocycles. The van der Waals surface area contributed by atoms with Crippen molar-refractivity contribution in [2.45, 2.75) is 0 Å². The number of nitrogens with one attached hydrogen (secondary N) is 1. The average molecular weight is 246 g/mol. The predicted molar refractivity (Wildman–Crippen MR) is 68.6 cm³/mol. The van der Waals surface area contributed by atoms with E-state index in [9.17, 15) is 4.79 Å². The summed E-state index contributed by atoms with van der Waals surface area (Å²) in [5, 5.41) is 6.70. The van der Waals surface area contributed by atoms with Crippen molar-refractivity contribution in [1.29, 1.82) is 0 Å². The van der Waals surface area contributed by atoms with E-state index in [-0.39, 0.29) is 5.91 Å². The molecule has 0 bridgehead atoms. The fourth-order valence-electron chi connectivity index (χ4n) is 1.54. The summed E-state index contributed by atoms with van der Waals surface area (Å²) in [6.45, 7) is 0. The second-order valence-electron chi connectivity index (χ2n) is 3.81. The molecule has 94 valence electrons. The lowest BCUT2D eigenvalue weighted by Crippen LogP contribution is -2.11. The van der Waals surface area contributed by atoms with Gasteiger partial charge in [-0.2, -0.15) is 5.10 Å². The Morgan fingerprint density at radius 3 is 2.89 bits per heavy atom. The van der Waals surface area contributed by atoms with Gasteiger partial charge >= 0.3 is 0 Å². The Labute approximate surface area is 104 Å². The lowest BCUT2D eigenvalue weighted by molar-refractivity contribution is 0.102. The van der Waals surface area contributed by atoms with Crippen LogP contribution >= 0.6 is 0 Å². The second kappa shape index (κ2) is 4.79. The zero-order chi connectivity index (χ0) is 13.1. The van der Waals surface area contributed by atoms with Crippen molar-refractivity contribution < 1.29 is 9.53 Å². The molecule has 0 unspecified atom stereocenters. The summed E-state index contributed by atoms with van der Waals surface area (Å²) in [6, 6.07) is 4.88. The summed E-state index contributed by atoms with van der Waals surface area (Å²) < 4.78 is 6.68. The molecule has 0 aliphatic heterocycles. The van der Waals surface area contributed by atoms with E-state index in [0.717, 1.165) is 0 Å². The van der Waals surface area contributed by atoms with Crippen LogP contribution in [0.3, 0.4) is 0 Å². The molecule has 0 spiro atoms. The number of aryl methyl sites for hydroxylation is 1. The van der Waals surface area contributed by atoms with E-state index in [1.807, 2.05) is 0 Å². The molecule has 0 atom stereocenters. The van der Waals surface area contributed by atoms with Gasteiger partial charge in [0, 0.05) is 18.8 Å². The van der Waals surface area contributed by atoms with Crippen molar-refractivity contribution in [1.82, 2.24) is 9.78 Å². The van der Waals surface area contributed by atoms with Gasteiger partial charge in [0.25, 0.3) is 5.91 Å². The number of methoxy groups -OCH3 is 1. The minimum atomic E-state index is -0.235. The van der Waals surface area contributed by atoms with E-state index in [1.54, 1.807) is 42.3 Å². The summed E-state index contributed by atoms with van der Waals surface area (Å²) in [4.78, 5) is 12.0. The highest BCUT2D eigenvalue weighted by Crippen LogP contribution is 2.22. The zero-order valence-electron chi connectivity index (χ0n) is 10.2. The van der Waals surface area contributed by atoms with Crippen molar-refractivity contribution in [3.05, 3.63) is 36.2 Å². The smallest absolute Gasteiger partial charge is 0.255 e. The Morgan fingerprint density at radius 2 is 2.28 bits per heavy atom. The number of benzene rings is 1. The number of rotatable bonds is 3. The maximum Gasteiger partial charge on any atom is 0.255 e. The number of hydrogen-bond donors (Lipinski definition) is 2. The Bertz CT molecular complexity index is 577. The number of carbonyl (C=O) groups excluding carboxylic acids is 1. The number of anilines is 2. The third-order valence-corrected chi connectivity index (χ3v) is 2.46. The second-order valence-corrected chi connectivity index (χ2v) is 3.81. The Hall–Kier alpha value is -2.50. The van der Waals surface area contributed by atoms with Crippen LogP contribution in [0.5, 0.6) is 5.75 Å². The van der Waals surface area contributed by atoms with Crippen molar-refractivity contribution >= 4 is 17.3 Å². The van der Waals surface area contributed by atoms with Gasteiger partial charge in [0.15, 0.2) is 0 Å². The normalized spacial score (nSPS) is 10.1. The van der Waals surface area contributed by atoms with Crippen LogP contribution < -0.4 is 15.8 Å². The first kappa shape index (κ1) is 12.0. The van der Waals surface area contributed by atoms with Crippen LogP contribution in [0.25, 0.3) is 0 Å². The SMILES string of the molecule is COc1cc(C(=O)Nc2cnn(C)c2)ccc1N. The highest BCUT2D eigenvalue weighted by molar-refractivity contribution is 6.04. The highest BCUT2D eigenvalue weighted by Gasteiger charge is 2.09. The quantitative estimate of drug-likeness (QED) is 0.799.